The number of para-hydroxylation sites is 1. The Hall–Kier alpha value is -2.67. The fourth-order valence-electron chi connectivity index (χ4n) is 2.35. The van der Waals surface area contributed by atoms with E-state index in [4.69, 9.17) is 14.7 Å². The average Bonchev–Trinajstić information content (AvgIpc) is 2.54. The highest BCUT2D eigenvalue weighted by molar-refractivity contribution is 5.56. The molecule has 0 bridgehead atoms. The van der Waals surface area contributed by atoms with Gasteiger partial charge in [-0.25, -0.2) is 0 Å². The number of benzene rings is 2. The summed E-state index contributed by atoms with van der Waals surface area (Å²) in [5.74, 6) is 1.60. The highest BCUT2D eigenvalue weighted by Crippen LogP contribution is 2.34. The van der Waals surface area contributed by atoms with Crippen molar-refractivity contribution in [3.63, 3.8) is 0 Å². The Morgan fingerprint density at radius 2 is 2.05 bits per heavy atom. The van der Waals surface area contributed by atoms with E-state index in [1.807, 2.05) is 43.3 Å². The van der Waals surface area contributed by atoms with Crippen LogP contribution in [-0.4, -0.2) is 13.2 Å². The minimum atomic E-state index is 0.576. The molecule has 1 N–H and O–H groups in total. The van der Waals surface area contributed by atoms with Crippen LogP contribution in [0.1, 0.15) is 16.7 Å². The van der Waals surface area contributed by atoms with E-state index in [-0.39, 0.29) is 0 Å². The lowest BCUT2D eigenvalue weighted by atomic mass is 10.1. The van der Waals surface area contributed by atoms with Crippen LogP contribution in [0.25, 0.3) is 0 Å². The van der Waals surface area contributed by atoms with Crippen molar-refractivity contribution in [3.8, 4) is 17.6 Å². The third-order valence-electron chi connectivity index (χ3n) is 3.48. The van der Waals surface area contributed by atoms with E-state index in [2.05, 4.69) is 11.4 Å². The van der Waals surface area contributed by atoms with Gasteiger partial charge < -0.3 is 14.8 Å². The van der Waals surface area contributed by atoms with E-state index < -0.39 is 0 Å². The van der Waals surface area contributed by atoms with E-state index >= 15 is 0 Å². The average molecular weight is 280 g/mol. The van der Waals surface area contributed by atoms with Gasteiger partial charge in [0.15, 0.2) is 11.5 Å². The molecule has 0 aliphatic carbocycles. The Morgan fingerprint density at radius 3 is 2.90 bits per heavy atom. The first-order chi connectivity index (χ1) is 10.3. The lowest BCUT2D eigenvalue weighted by Gasteiger charge is -2.21. The molecule has 0 amide bonds. The zero-order chi connectivity index (χ0) is 14.7. The molecule has 106 valence electrons. The normalized spacial score (nSPS) is 12.6. The van der Waals surface area contributed by atoms with Crippen LogP contribution in [0.5, 0.6) is 11.5 Å². The first kappa shape index (κ1) is 13.3. The lowest BCUT2D eigenvalue weighted by Crippen LogP contribution is -2.17. The van der Waals surface area contributed by atoms with Crippen LogP contribution in [0.2, 0.25) is 0 Å². The van der Waals surface area contributed by atoms with Gasteiger partial charge in [-0.3, -0.25) is 0 Å². The molecule has 2 aromatic rings. The van der Waals surface area contributed by atoms with E-state index in [0.29, 0.717) is 25.3 Å². The molecule has 0 unspecified atom stereocenters. The van der Waals surface area contributed by atoms with Gasteiger partial charge in [-0.05, 0) is 30.7 Å². The molecule has 1 aliphatic heterocycles. The second-order valence-corrected chi connectivity index (χ2v) is 4.94. The molecule has 0 saturated carbocycles. The number of nitrogens with one attached hydrogen (secondary N) is 1. The molecular formula is C17H16N2O2. The van der Waals surface area contributed by atoms with Crippen molar-refractivity contribution in [1.29, 1.82) is 5.26 Å². The van der Waals surface area contributed by atoms with Crippen molar-refractivity contribution in [2.75, 3.05) is 18.5 Å². The van der Waals surface area contributed by atoms with Gasteiger partial charge in [-0.1, -0.05) is 18.2 Å². The van der Waals surface area contributed by atoms with Gasteiger partial charge in [-0.15, -0.1) is 0 Å². The topological polar surface area (TPSA) is 54.3 Å². The van der Waals surface area contributed by atoms with Gasteiger partial charge in [-0.2, -0.15) is 5.26 Å². The van der Waals surface area contributed by atoms with Crippen LogP contribution in [0.4, 0.5) is 5.69 Å². The standard InChI is InChI=1S/C17H16N2O2/c1-12-5-6-13(10-18)9-15(12)19-11-14-3-2-4-16-17(14)21-8-7-20-16/h2-6,9,19H,7-8,11H2,1H3. The lowest BCUT2D eigenvalue weighted by molar-refractivity contribution is 0.170. The zero-order valence-corrected chi connectivity index (χ0v) is 11.8. The largest absolute Gasteiger partial charge is 0.486 e. The van der Waals surface area contributed by atoms with Crippen molar-refractivity contribution in [1.82, 2.24) is 0 Å². The molecule has 4 heteroatoms. The van der Waals surface area contributed by atoms with E-state index in [9.17, 15) is 0 Å². The number of aryl methyl sites for hydroxylation is 1. The Balaban J connectivity index is 1.81. The van der Waals surface area contributed by atoms with Crippen molar-refractivity contribution in [3.05, 3.63) is 53.1 Å². The van der Waals surface area contributed by atoms with Crippen LogP contribution in [0.15, 0.2) is 36.4 Å². The highest BCUT2D eigenvalue weighted by atomic mass is 16.6. The van der Waals surface area contributed by atoms with Crippen molar-refractivity contribution < 1.29 is 9.47 Å². The van der Waals surface area contributed by atoms with Crippen LogP contribution in [-0.2, 0) is 6.54 Å². The van der Waals surface area contributed by atoms with Gasteiger partial charge in [0.05, 0.1) is 11.6 Å². The van der Waals surface area contributed by atoms with E-state index in [1.54, 1.807) is 0 Å². The fourth-order valence-corrected chi connectivity index (χ4v) is 2.35. The number of hydrogen-bond acceptors (Lipinski definition) is 4. The smallest absolute Gasteiger partial charge is 0.166 e. The molecule has 1 aliphatic rings. The maximum atomic E-state index is 8.98. The van der Waals surface area contributed by atoms with Gasteiger partial charge in [0.25, 0.3) is 0 Å². The Morgan fingerprint density at radius 1 is 1.19 bits per heavy atom. The molecule has 0 fully saturated rings. The number of nitrogens with zero attached hydrogens (tertiary/aromatic N) is 1. The van der Waals surface area contributed by atoms with Crippen LogP contribution < -0.4 is 14.8 Å². The zero-order valence-electron chi connectivity index (χ0n) is 11.8. The van der Waals surface area contributed by atoms with Crippen molar-refractivity contribution >= 4 is 5.69 Å². The Labute approximate surface area is 123 Å². The molecule has 0 saturated heterocycles. The molecule has 0 radical (unpaired) electrons. The maximum absolute atomic E-state index is 8.98. The summed E-state index contributed by atoms with van der Waals surface area (Å²) in [5.41, 5.74) is 3.77. The molecule has 0 aromatic heterocycles. The Kier molecular flexibility index (Phi) is 3.65. The van der Waals surface area contributed by atoms with Crippen LogP contribution >= 0.6 is 0 Å². The predicted molar refractivity (Wildman–Crippen MR) is 80.7 cm³/mol. The summed E-state index contributed by atoms with van der Waals surface area (Å²) in [5, 5.41) is 12.3. The minimum absolute atomic E-state index is 0.576. The molecule has 21 heavy (non-hydrogen) atoms. The molecule has 4 nitrogen and oxygen atoms in total. The third kappa shape index (κ3) is 2.77. The maximum Gasteiger partial charge on any atom is 0.166 e. The predicted octanol–water partition coefficient (Wildman–Crippen LogP) is 3.25. The van der Waals surface area contributed by atoms with Crippen LogP contribution in [0, 0.1) is 18.3 Å². The van der Waals surface area contributed by atoms with Gasteiger partial charge in [0, 0.05) is 17.8 Å². The van der Waals surface area contributed by atoms with E-state index in [1.165, 1.54) is 0 Å². The molecular weight excluding hydrogens is 264 g/mol. The van der Waals surface area contributed by atoms with Gasteiger partial charge in [0.1, 0.15) is 13.2 Å². The quantitative estimate of drug-likeness (QED) is 0.937. The SMILES string of the molecule is Cc1ccc(C#N)cc1NCc1cccc2c1OCCO2. The number of hydrogen-bond donors (Lipinski definition) is 1. The van der Waals surface area contributed by atoms with Crippen LogP contribution in [0.3, 0.4) is 0 Å². The van der Waals surface area contributed by atoms with E-state index in [0.717, 1.165) is 28.3 Å². The monoisotopic (exact) mass is 280 g/mol. The molecule has 2 aromatic carbocycles. The highest BCUT2D eigenvalue weighted by Gasteiger charge is 2.15. The third-order valence-corrected chi connectivity index (χ3v) is 3.48. The minimum Gasteiger partial charge on any atom is -0.486 e. The van der Waals surface area contributed by atoms with Crippen molar-refractivity contribution in [2.24, 2.45) is 0 Å². The van der Waals surface area contributed by atoms with Gasteiger partial charge in [0.2, 0.25) is 0 Å². The number of rotatable bonds is 3. The molecule has 1 heterocycles. The number of fused-ring (bicyclic) bond motifs is 1. The molecule has 0 atom stereocenters. The number of anilines is 1. The summed E-state index contributed by atoms with van der Waals surface area (Å²) in [6, 6.07) is 13.7. The summed E-state index contributed by atoms with van der Waals surface area (Å²) >= 11 is 0. The molecule has 0 spiro atoms. The first-order valence-electron chi connectivity index (χ1n) is 6.90. The van der Waals surface area contributed by atoms with Crippen molar-refractivity contribution in [2.45, 2.75) is 13.5 Å². The summed E-state index contributed by atoms with van der Waals surface area (Å²) < 4.78 is 11.3. The summed E-state index contributed by atoms with van der Waals surface area (Å²) in [4.78, 5) is 0. The second kappa shape index (κ2) is 5.76. The second-order valence-electron chi connectivity index (χ2n) is 4.94. The first-order valence-corrected chi connectivity index (χ1v) is 6.90. The summed E-state index contributed by atoms with van der Waals surface area (Å²) in [6.07, 6.45) is 0. The Bertz CT molecular complexity index is 704. The number of nitriles is 1. The van der Waals surface area contributed by atoms with Gasteiger partial charge >= 0.3 is 0 Å². The number of ether oxygens (including phenoxy) is 2. The summed E-state index contributed by atoms with van der Waals surface area (Å²) in [6.45, 7) is 3.81. The fraction of sp³-hybridized carbons (Fsp3) is 0.235. The summed E-state index contributed by atoms with van der Waals surface area (Å²) in [7, 11) is 0. The molecule has 3 rings (SSSR count).